The van der Waals surface area contributed by atoms with Crippen LogP contribution >= 0.6 is 0 Å². The van der Waals surface area contributed by atoms with Gasteiger partial charge in [-0.2, -0.15) is 5.10 Å². The third kappa shape index (κ3) is 4.45. The van der Waals surface area contributed by atoms with E-state index in [4.69, 9.17) is 0 Å². The molecule has 0 radical (unpaired) electrons. The summed E-state index contributed by atoms with van der Waals surface area (Å²) in [6, 6.07) is 12.2. The van der Waals surface area contributed by atoms with Crippen molar-refractivity contribution in [2.24, 2.45) is 0 Å². The highest BCUT2D eigenvalue weighted by Gasteiger charge is 2.13. The molecule has 0 spiro atoms. The number of amides is 1. The number of carbonyl (C=O) groups excluding carboxylic acids is 1. The lowest BCUT2D eigenvalue weighted by molar-refractivity contribution is -0.111. The van der Waals surface area contributed by atoms with Gasteiger partial charge in [0.15, 0.2) is 0 Å². The van der Waals surface area contributed by atoms with Crippen molar-refractivity contribution in [1.29, 1.82) is 0 Å². The van der Waals surface area contributed by atoms with Gasteiger partial charge in [-0.3, -0.25) is 4.79 Å². The Balaban J connectivity index is 1.84. The van der Waals surface area contributed by atoms with Crippen molar-refractivity contribution >= 4 is 17.7 Å². The van der Waals surface area contributed by atoms with Gasteiger partial charge in [0.05, 0.1) is 11.4 Å². The topological polar surface area (TPSA) is 46.9 Å². The zero-order valence-corrected chi connectivity index (χ0v) is 17.5. The Morgan fingerprint density at radius 1 is 1.10 bits per heavy atom. The number of benzene rings is 2. The number of nitrogens with zero attached hydrogens (tertiary/aromatic N) is 2. The number of anilines is 1. The fourth-order valence-corrected chi connectivity index (χ4v) is 3.40. The van der Waals surface area contributed by atoms with Crippen molar-refractivity contribution in [1.82, 2.24) is 9.78 Å². The van der Waals surface area contributed by atoms with E-state index < -0.39 is 0 Å². The predicted octanol–water partition coefficient (Wildman–Crippen LogP) is 5.71. The minimum atomic E-state index is -0.288. The maximum atomic E-state index is 13.2. The van der Waals surface area contributed by atoms with Gasteiger partial charge in [0.25, 0.3) is 0 Å². The van der Waals surface area contributed by atoms with Crippen LogP contribution in [0.5, 0.6) is 0 Å². The Hall–Kier alpha value is -3.21. The van der Waals surface area contributed by atoms with Crippen molar-refractivity contribution in [3.63, 3.8) is 0 Å². The SMILES string of the molecule is Cc1cccc(C(C)C)c1NC(=O)/C=C/c1c(C)nn(-c2ccc(F)cc2)c1C. The van der Waals surface area contributed by atoms with Crippen molar-refractivity contribution < 1.29 is 9.18 Å². The number of aromatic nitrogens is 2. The van der Waals surface area contributed by atoms with E-state index >= 15 is 0 Å². The molecule has 0 aliphatic heterocycles. The molecule has 0 fully saturated rings. The Morgan fingerprint density at radius 3 is 2.45 bits per heavy atom. The van der Waals surface area contributed by atoms with Crippen LogP contribution in [0.2, 0.25) is 0 Å². The van der Waals surface area contributed by atoms with E-state index in [-0.39, 0.29) is 11.7 Å². The van der Waals surface area contributed by atoms with Gasteiger partial charge in [0, 0.05) is 23.0 Å². The first-order chi connectivity index (χ1) is 13.8. The summed E-state index contributed by atoms with van der Waals surface area (Å²) < 4.78 is 15.0. The molecule has 0 bridgehead atoms. The number of rotatable bonds is 5. The number of hydrogen-bond acceptors (Lipinski definition) is 2. The van der Waals surface area contributed by atoms with E-state index in [0.29, 0.717) is 5.92 Å². The van der Waals surface area contributed by atoms with E-state index in [1.165, 1.54) is 18.2 Å². The molecule has 1 N–H and O–H groups in total. The van der Waals surface area contributed by atoms with Crippen LogP contribution < -0.4 is 5.32 Å². The Morgan fingerprint density at radius 2 is 1.79 bits per heavy atom. The summed E-state index contributed by atoms with van der Waals surface area (Å²) in [6.07, 6.45) is 3.31. The first-order valence-electron chi connectivity index (χ1n) is 9.68. The lowest BCUT2D eigenvalue weighted by Crippen LogP contribution is -2.11. The number of aryl methyl sites for hydroxylation is 2. The summed E-state index contributed by atoms with van der Waals surface area (Å²) in [6.45, 7) is 10.0. The van der Waals surface area contributed by atoms with Crippen molar-refractivity contribution in [3.8, 4) is 5.69 Å². The summed E-state index contributed by atoms with van der Waals surface area (Å²) >= 11 is 0. The number of halogens is 1. The molecule has 0 saturated heterocycles. The molecule has 29 heavy (non-hydrogen) atoms. The lowest BCUT2D eigenvalue weighted by Gasteiger charge is -2.15. The minimum Gasteiger partial charge on any atom is -0.322 e. The second-order valence-corrected chi connectivity index (χ2v) is 7.49. The lowest BCUT2D eigenvalue weighted by atomic mass is 9.98. The van der Waals surface area contributed by atoms with Crippen LogP contribution in [0.4, 0.5) is 10.1 Å². The molecule has 2 aromatic carbocycles. The standard InChI is InChI=1S/C24H26FN3O/c1-15(2)21-8-6-7-16(3)24(21)26-23(29)14-13-22-17(4)27-28(18(22)5)20-11-9-19(25)10-12-20/h6-15H,1-5H3,(H,26,29)/b14-13+. The van der Waals surface area contributed by atoms with Crippen LogP contribution in [0.15, 0.2) is 48.5 Å². The van der Waals surface area contributed by atoms with Crippen LogP contribution in [0, 0.1) is 26.6 Å². The van der Waals surface area contributed by atoms with Gasteiger partial charge in [-0.25, -0.2) is 9.07 Å². The molecule has 1 amide bonds. The average Bonchev–Trinajstić information content (AvgIpc) is 2.96. The van der Waals surface area contributed by atoms with Crippen molar-refractivity contribution in [2.45, 2.75) is 40.5 Å². The predicted molar refractivity (Wildman–Crippen MR) is 116 cm³/mol. The molecule has 1 aromatic heterocycles. The number of para-hydroxylation sites is 1. The molecule has 0 aliphatic carbocycles. The molecule has 0 aliphatic rings. The molecule has 0 saturated carbocycles. The van der Waals surface area contributed by atoms with Crippen molar-refractivity contribution in [2.75, 3.05) is 5.32 Å². The summed E-state index contributed by atoms with van der Waals surface area (Å²) in [5, 5.41) is 7.55. The maximum Gasteiger partial charge on any atom is 0.248 e. The average molecular weight is 391 g/mol. The maximum absolute atomic E-state index is 13.2. The first kappa shape index (κ1) is 20.5. The quantitative estimate of drug-likeness (QED) is 0.566. The molecule has 150 valence electrons. The van der Waals surface area contributed by atoms with E-state index in [1.54, 1.807) is 22.9 Å². The molecule has 5 heteroatoms. The minimum absolute atomic E-state index is 0.186. The van der Waals surface area contributed by atoms with Gasteiger partial charge < -0.3 is 5.32 Å². The van der Waals surface area contributed by atoms with Crippen LogP contribution in [0.3, 0.4) is 0 Å². The summed E-state index contributed by atoms with van der Waals surface area (Å²) in [5.74, 6) is -0.161. The third-order valence-corrected chi connectivity index (χ3v) is 5.00. The molecule has 1 heterocycles. The fraction of sp³-hybridized carbons (Fsp3) is 0.250. The first-order valence-corrected chi connectivity index (χ1v) is 9.68. The molecule has 0 unspecified atom stereocenters. The molecular formula is C24H26FN3O. The smallest absolute Gasteiger partial charge is 0.248 e. The Kier molecular flexibility index (Phi) is 5.97. The highest BCUT2D eigenvalue weighted by Crippen LogP contribution is 2.27. The fourth-order valence-electron chi connectivity index (χ4n) is 3.40. The molecule has 3 aromatic rings. The van der Waals surface area contributed by atoms with Crippen molar-refractivity contribution in [3.05, 3.63) is 82.4 Å². The molecular weight excluding hydrogens is 365 g/mol. The van der Waals surface area contributed by atoms with Crippen LogP contribution in [-0.4, -0.2) is 15.7 Å². The van der Waals surface area contributed by atoms with Gasteiger partial charge in [0.1, 0.15) is 5.82 Å². The summed E-state index contributed by atoms with van der Waals surface area (Å²) in [7, 11) is 0. The second-order valence-electron chi connectivity index (χ2n) is 7.49. The normalized spacial score (nSPS) is 11.4. The number of nitrogens with one attached hydrogen (secondary N) is 1. The van der Waals surface area contributed by atoms with Gasteiger partial charge >= 0.3 is 0 Å². The summed E-state index contributed by atoms with van der Waals surface area (Å²) in [5.41, 5.74) is 6.35. The monoisotopic (exact) mass is 391 g/mol. The number of hydrogen-bond donors (Lipinski definition) is 1. The van der Waals surface area contributed by atoms with E-state index in [2.05, 4.69) is 24.3 Å². The highest BCUT2D eigenvalue weighted by atomic mass is 19.1. The summed E-state index contributed by atoms with van der Waals surface area (Å²) in [4.78, 5) is 12.6. The second kappa shape index (κ2) is 8.43. The van der Waals surface area contributed by atoms with E-state index in [9.17, 15) is 9.18 Å². The largest absolute Gasteiger partial charge is 0.322 e. The Bertz CT molecular complexity index is 1060. The van der Waals surface area contributed by atoms with Crippen LogP contribution in [0.25, 0.3) is 11.8 Å². The number of carbonyl (C=O) groups is 1. The highest BCUT2D eigenvalue weighted by molar-refractivity contribution is 6.03. The van der Waals surface area contributed by atoms with E-state index in [1.807, 2.05) is 39.0 Å². The van der Waals surface area contributed by atoms with E-state index in [0.717, 1.165) is 39.5 Å². The van der Waals surface area contributed by atoms with Gasteiger partial charge in [-0.15, -0.1) is 0 Å². The zero-order chi connectivity index (χ0) is 21.1. The van der Waals surface area contributed by atoms with Gasteiger partial charge in [0.2, 0.25) is 5.91 Å². The van der Waals surface area contributed by atoms with Crippen LogP contribution in [0.1, 0.15) is 47.8 Å². The third-order valence-electron chi connectivity index (χ3n) is 5.00. The molecule has 4 nitrogen and oxygen atoms in total. The van der Waals surface area contributed by atoms with Crippen LogP contribution in [-0.2, 0) is 4.79 Å². The zero-order valence-electron chi connectivity index (χ0n) is 17.5. The van der Waals surface area contributed by atoms with Gasteiger partial charge in [-0.1, -0.05) is 32.0 Å². The molecule has 0 atom stereocenters. The van der Waals surface area contributed by atoms with Gasteiger partial charge in [-0.05, 0) is 68.2 Å². The molecule has 3 rings (SSSR count). The Labute approximate surface area is 171 Å².